The molecule has 4 aromatic rings. The molecule has 3 fully saturated rings. The van der Waals surface area contributed by atoms with Gasteiger partial charge in [-0.3, -0.25) is 34.1 Å². The number of halogens is 3. The minimum absolute atomic E-state index is 0.0166. The van der Waals surface area contributed by atoms with Crippen LogP contribution in [-0.2, 0) is 30.3 Å². The molecule has 306 valence electrons. The van der Waals surface area contributed by atoms with Crippen LogP contribution in [0.5, 0.6) is 0 Å². The highest BCUT2D eigenvalue weighted by molar-refractivity contribution is 7.91. The number of carbonyl (C=O) groups is 4. The molecule has 2 aromatic carbocycles. The number of carbonyl (C=O) groups excluding carboxylic acids is 4. The van der Waals surface area contributed by atoms with Crippen molar-refractivity contribution in [3.63, 3.8) is 0 Å². The van der Waals surface area contributed by atoms with E-state index < -0.39 is 45.0 Å². The molecule has 0 bridgehead atoms. The van der Waals surface area contributed by atoms with E-state index in [-0.39, 0.29) is 40.8 Å². The Balaban J connectivity index is 0.887. The first-order valence-electron chi connectivity index (χ1n) is 19.4. The number of nitrogens with zero attached hydrogens (tertiary/aromatic N) is 6. The van der Waals surface area contributed by atoms with Crippen LogP contribution in [0.3, 0.4) is 0 Å². The number of rotatable bonds is 8. The Morgan fingerprint density at radius 1 is 1.00 bits per heavy atom. The van der Waals surface area contributed by atoms with Crippen molar-refractivity contribution in [1.82, 2.24) is 25.0 Å². The third kappa shape index (κ3) is 7.66. The lowest BCUT2D eigenvalue weighted by Crippen LogP contribution is -2.48. The molecule has 3 unspecified atom stereocenters. The molecule has 0 radical (unpaired) electrons. The van der Waals surface area contributed by atoms with E-state index in [4.69, 9.17) is 9.88 Å². The number of imide groups is 1. The fourth-order valence-electron chi connectivity index (χ4n) is 9.00. The second kappa shape index (κ2) is 15.1. The van der Waals surface area contributed by atoms with E-state index in [9.17, 15) is 36.6 Å². The zero-order chi connectivity index (χ0) is 41.1. The first-order chi connectivity index (χ1) is 27.5. The fourth-order valence-corrected chi connectivity index (χ4v) is 9.87. The van der Waals surface area contributed by atoms with Crippen molar-refractivity contribution < 1.29 is 36.6 Å². The van der Waals surface area contributed by atoms with Gasteiger partial charge in [0.05, 0.1) is 55.1 Å². The largest absolute Gasteiger partial charge is 0.433 e. The summed E-state index contributed by atoms with van der Waals surface area (Å²) >= 11 is 0. The number of piperidine rings is 1. The fraction of sp³-hybridized carbons (Fsp3) is 0.450. The lowest BCUT2D eigenvalue weighted by atomic mass is 9.81. The molecule has 1 aliphatic carbocycles. The number of likely N-dealkylation sites (N-methyl/N-ethyl adjacent to an activating group) is 1. The highest BCUT2D eigenvalue weighted by Gasteiger charge is 2.46. The van der Waals surface area contributed by atoms with Gasteiger partial charge in [0.25, 0.3) is 5.91 Å². The molecule has 14 nitrogen and oxygen atoms in total. The van der Waals surface area contributed by atoms with Gasteiger partial charge in [-0.15, -0.1) is 0 Å². The second-order valence-electron chi connectivity index (χ2n) is 15.8. The number of fused-ring (bicyclic) bond motifs is 2. The molecule has 18 heteroatoms. The maximum Gasteiger partial charge on any atom is 0.433 e. The van der Waals surface area contributed by atoms with Crippen LogP contribution < -0.4 is 20.4 Å². The first-order valence-corrected chi connectivity index (χ1v) is 21.4. The Bertz CT molecular complexity index is 2420. The number of anilines is 3. The van der Waals surface area contributed by atoms with Crippen LogP contribution in [-0.4, -0.2) is 93.5 Å². The molecule has 3 N–H and O–H groups in total. The SMILES string of the molecule is CN1C(=O)C(C2CCC(=O)NC2=O)c2cccc(N3CCN(CC4CCC(n5cc6cc(NC(=O)c7cccc(C(F)(F)F)n7)c(S(C)(=N)=O)cc6n5)CC4)CC3)c21. The average Bonchev–Trinajstić information content (AvgIpc) is 3.72. The van der Waals surface area contributed by atoms with Gasteiger partial charge in [-0.05, 0) is 73.9 Å². The molecule has 2 aromatic heterocycles. The Morgan fingerprint density at radius 2 is 1.72 bits per heavy atom. The molecule has 8 rings (SSSR count). The van der Waals surface area contributed by atoms with Crippen molar-refractivity contribution in [2.75, 3.05) is 61.1 Å². The number of nitrogens with one attached hydrogen (secondary N) is 3. The van der Waals surface area contributed by atoms with Gasteiger partial charge in [-0.2, -0.15) is 18.3 Å². The Kier molecular flexibility index (Phi) is 10.3. The summed E-state index contributed by atoms with van der Waals surface area (Å²) in [4.78, 5) is 61.0. The predicted octanol–water partition coefficient (Wildman–Crippen LogP) is 5.40. The summed E-state index contributed by atoms with van der Waals surface area (Å²) in [5.41, 5.74) is 1.53. The van der Waals surface area contributed by atoms with E-state index in [0.717, 1.165) is 93.5 Å². The van der Waals surface area contributed by atoms with Crippen molar-refractivity contribution in [3.05, 3.63) is 71.7 Å². The Hall–Kier alpha value is -5.36. The van der Waals surface area contributed by atoms with Gasteiger partial charge in [-0.1, -0.05) is 18.2 Å². The van der Waals surface area contributed by atoms with Crippen LogP contribution in [0.2, 0.25) is 0 Å². The summed E-state index contributed by atoms with van der Waals surface area (Å²) in [5.74, 6) is -2.41. The number of para-hydroxylation sites is 1. The van der Waals surface area contributed by atoms with Crippen LogP contribution in [0.25, 0.3) is 10.9 Å². The van der Waals surface area contributed by atoms with Crippen molar-refractivity contribution in [2.45, 2.75) is 61.6 Å². The average molecular weight is 820 g/mol. The molecular weight excluding hydrogens is 776 g/mol. The lowest BCUT2D eigenvalue weighted by Gasteiger charge is -2.39. The lowest BCUT2D eigenvalue weighted by molar-refractivity contribution is -0.141. The summed E-state index contributed by atoms with van der Waals surface area (Å²) in [5, 5.41) is 10.3. The molecule has 3 atom stereocenters. The van der Waals surface area contributed by atoms with Crippen LogP contribution >= 0.6 is 0 Å². The zero-order valence-electron chi connectivity index (χ0n) is 32.1. The minimum Gasteiger partial charge on any atom is -0.367 e. The molecule has 2 saturated heterocycles. The van der Waals surface area contributed by atoms with Gasteiger partial charge in [0.2, 0.25) is 17.7 Å². The molecule has 4 aliphatic rings. The Morgan fingerprint density at radius 3 is 2.41 bits per heavy atom. The van der Waals surface area contributed by atoms with Crippen molar-refractivity contribution in [1.29, 1.82) is 4.78 Å². The highest BCUT2D eigenvalue weighted by Crippen LogP contribution is 2.47. The van der Waals surface area contributed by atoms with Gasteiger partial charge in [-0.25, -0.2) is 14.0 Å². The van der Waals surface area contributed by atoms with E-state index in [2.05, 4.69) is 25.4 Å². The normalized spacial score (nSPS) is 24.1. The van der Waals surface area contributed by atoms with Crippen LogP contribution in [0.1, 0.15) is 72.2 Å². The van der Waals surface area contributed by atoms with Gasteiger partial charge in [0, 0.05) is 64.0 Å². The molecule has 5 heterocycles. The standard InChI is InChI=1S/C40H44F3N9O5S/c1-49-36-26(35(39(49)56)27-13-14-34(53)47-37(27)54)5-3-7-31(36)51-17-15-50(16-18-51)21-23-9-11-25(12-10-23)52-22-24-19-30(32(58(2,44)57)20-29(24)48-52)46-38(55)28-6-4-8-33(45-28)40(41,42)43/h3-8,19-20,22-23,25,27,35,44H,9-18,21H2,1-2H3,(H,46,55)(H,47,53,54). The predicted molar refractivity (Wildman–Crippen MR) is 210 cm³/mol. The molecule has 58 heavy (non-hydrogen) atoms. The van der Waals surface area contributed by atoms with Crippen molar-refractivity contribution in [3.8, 4) is 0 Å². The van der Waals surface area contributed by atoms with Crippen LogP contribution in [0, 0.1) is 16.6 Å². The number of amides is 4. The summed E-state index contributed by atoms with van der Waals surface area (Å²) in [7, 11) is -1.61. The maximum atomic E-state index is 13.5. The number of hydrogen-bond donors (Lipinski definition) is 3. The maximum absolute atomic E-state index is 13.5. The third-order valence-corrected chi connectivity index (χ3v) is 13.2. The van der Waals surface area contributed by atoms with Crippen molar-refractivity contribution >= 4 is 61.3 Å². The second-order valence-corrected chi connectivity index (χ2v) is 18.0. The third-order valence-electron chi connectivity index (χ3n) is 12.0. The van der Waals surface area contributed by atoms with Crippen LogP contribution in [0.15, 0.2) is 59.6 Å². The van der Waals surface area contributed by atoms with Gasteiger partial charge < -0.3 is 15.1 Å². The van der Waals surface area contributed by atoms with Crippen LogP contribution in [0.4, 0.5) is 30.2 Å². The summed E-state index contributed by atoms with van der Waals surface area (Å²) in [6, 6.07) is 12.1. The quantitative estimate of drug-likeness (QED) is 0.197. The molecule has 1 saturated carbocycles. The number of piperazine rings is 1. The zero-order valence-corrected chi connectivity index (χ0v) is 32.9. The molecule has 3 aliphatic heterocycles. The number of aromatic nitrogens is 3. The number of benzene rings is 2. The summed E-state index contributed by atoms with van der Waals surface area (Å²) < 4.78 is 62.8. The summed E-state index contributed by atoms with van der Waals surface area (Å²) in [6.07, 6.45) is 2.67. The van der Waals surface area contributed by atoms with Gasteiger partial charge in [0.15, 0.2) is 0 Å². The van der Waals surface area contributed by atoms with Gasteiger partial charge in [0.1, 0.15) is 11.4 Å². The molecule has 0 spiro atoms. The summed E-state index contributed by atoms with van der Waals surface area (Å²) in [6.45, 7) is 4.28. The smallest absolute Gasteiger partial charge is 0.367 e. The molecule has 4 amide bonds. The highest BCUT2D eigenvalue weighted by atomic mass is 32.2. The first kappa shape index (κ1) is 39.5. The number of pyridine rings is 1. The van der Waals surface area contributed by atoms with E-state index in [1.807, 2.05) is 29.1 Å². The Labute approximate surface area is 333 Å². The van der Waals surface area contributed by atoms with Crippen molar-refractivity contribution in [2.24, 2.45) is 11.8 Å². The van der Waals surface area contributed by atoms with E-state index in [1.54, 1.807) is 18.0 Å². The monoisotopic (exact) mass is 819 g/mol. The van der Waals surface area contributed by atoms with E-state index in [1.165, 1.54) is 12.3 Å². The van der Waals surface area contributed by atoms with E-state index in [0.29, 0.717) is 23.2 Å². The number of alkyl halides is 3. The molecular formula is C40H44F3N9O5S. The number of hydrogen-bond acceptors (Lipinski definition) is 10. The minimum atomic E-state index is -4.73. The van der Waals surface area contributed by atoms with Gasteiger partial charge >= 0.3 is 6.18 Å². The topological polar surface area (TPSA) is 174 Å². The van der Waals surface area contributed by atoms with E-state index >= 15 is 0 Å².